The molecule has 5 nitrogen and oxygen atoms in total. The Bertz CT molecular complexity index is 544. The van der Waals surface area contributed by atoms with E-state index in [-0.39, 0.29) is 11.8 Å². The first kappa shape index (κ1) is 13.0. The molecule has 0 aromatic heterocycles. The van der Waals surface area contributed by atoms with Crippen molar-refractivity contribution in [2.24, 2.45) is 0 Å². The van der Waals surface area contributed by atoms with Gasteiger partial charge in [0.15, 0.2) is 6.10 Å². The number of para-hydroxylation sites is 1. The first-order chi connectivity index (χ1) is 9.65. The quantitative estimate of drug-likeness (QED) is 0.865. The molecule has 2 aliphatic heterocycles. The summed E-state index contributed by atoms with van der Waals surface area (Å²) in [5.41, 5.74) is 1.13. The number of fused-ring (bicyclic) bond motifs is 1. The normalized spacial score (nSPS) is 25.1. The van der Waals surface area contributed by atoms with E-state index in [2.05, 4.69) is 5.32 Å². The van der Waals surface area contributed by atoms with Gasteiger partial charge in [-0.3, -0.25) is 9.59 Å². The third-order valence-corrected chi connectivity index (χ3v) is 3.95. The van der Waals surface area contributed by atoms with Gasteiger partial charge in [-0.15, -0.1) is 0 Å². The molecule has 2 aliphatic rings. The molecule has 2 atom stereocenters. The van der Waals surface area contributed by atoms with E-state index < -0.39 is 12.1 Å². The van der Waals surface area contributed by atoms with Gasteiger partial charge in [0.1, 0.15) is 11.8 Å². The largest absolute Gasteiger partial charge is 0.480 e. The van der Waals surface area contributed by atoms with Crippen molar-refractivity contribution >= 4 is 11.8 Å². The standard InChI is InChI=1S/C15H18N2O3/c1-17-9-8-11(15(17)19)16-14(18)13-7-6-10-4-2-3-5-12(10)20-13/h2-5,11,13H,6-9H2,1H3,(H,16,18). The second-order valence-corrected chi connectivity index (χ2v) is 5.36. The highest BCUT2D eigenvalue weighted by Gasteiger charge is 2.33. The number of carbonyl (C=O) groups excluding carboxylic acids is 2. The number of rotatable bonds is 2. The molecule has 106 valence electrons. The minimum absolute atomic E-state index is 0.0189. The average Bonchev–Trinajstić information content (AvgIpc) is 2.78. The molecule has 2 heterocycles. The zero-order chi connectivity index (χ0) is 14.1. The molecule has 20 heavy (non-hydrogen) atoms. The van der Waals surface area contributed by atoms with E-state index >= 15 is 0 Å². The lowest BCUT2D eigenvalue weighted by molar-refractivity contribution is -0.135. The fraction of sp³-hybridized carbons (Fsp3) is 0.467. The fourth-order valence-corrected chi connectivity index (χ4v) is 2.73. The second-order valence-electron chi connectivity index (χ2n) is 5.36. The number of nitrogens with one attached hydrogen (secondary N) is 1. The molecule has 2 unspecified atom stereocenters. The summed E-state index contributed by atoms with van der Waals surface area (Å²) < 4.78 is 5.73. The van der Waals surface area contributed by atoms with Crippen LogP contribution in [-0.2, 0) is 16.0 Å². The summed E-state index contributed by atoms with van der Waals surface area (Å²) in [7, 11) is 1.75. The molecule has 1 fully saturated rings. The molecule has 0 bridgehead atoms. The smallest absolute Gasteiger partial charge is 0.261 e. The highest BCUT2D eigenvalue weighted by molar-refractivity contribution is 5.90. The molecule has 1 aromatic rings. The molecule has 3 rings (SSSR count). The van der Waals surface area contributed by atoms with Crippen LogP contribution in [0.4, 0.5) is 0 Å². The van der Waals surface area contributed by atoms with Gasteiger partial charge >= 0.3 is 0 Å². The van der Waals surface area contributed by atoms with Crippen LogP contribution in [0.15, 0.2) is 24.3 Å². The number of amides is 2. The molecule has 1 saturated heterocycles. The summed E-state index contributed by atoms with van der Waals surface area (Å²) >= 11 is 0. The Morgan fingerprint density at radius 3 is 2.90 bits per heavy atom. The Labute approximate surface area is 117 Å². The van der Waals surface area contributed by atoms with Gasteiger partial charge in [-0.25, -0.2) is 0 Å². The molecule has 0 radical (unpaired) electrons. The maximum Gasteiger partial charge on any atom is 0.261 e. The maximum absolute atomic E-state index is 12.2. The van der Waals surface area contributed by atoms with Crippen molar-refractivity contribution in [1.29, 1.82) is 0 Å². The summed E-state index contributed by atoms with van der Waals surface area (Å²) in [4.78, 5) is 25.6. The second kappa shape index (κ2) is 5.15. The Morgan fingerprint density at radius 2 is 2.15 bits per heavy atom. The van der Waals surface area contributed by atoms with E-state index in [0.717, 1.165) is 17.7 Å². The SMILES string of the molecule is CN1CCC(NC(=O)C2CCc3ccccc3O2)C1=O. The van der Waals surface area contributed by atoms with E-state index in [4.69, 9.17) is 4.74 Å². The number of benzene rings is 1. The van der Waals surface area contributed by atoms with Gasteiger partial charge in [-0.2, -0.15) is 0 Å². The molecule has 0 spiro atoms. The lowest BCUT2D eigenvalue weighted by Crippen LogP contribution is -2.47. The third kappa shape index (κ3) is 2.35. The predicted octanol–water partition coefficient (Wildman–Crippen LogP) is 0.727. The van der Waals surface area contributed by atoms with Crippen LogP contribution in [0, 0.1) is 0 Å². The van der Waals surface area contributed by atoms with Gasteiger partial charge in [0, 0.05) is 13.6 Å². The fourth-order valence-electron chi connectivity index (χ4n) is 2.73. The van der Waals surface area contributed by atoms with Crippen molar-refractivity contribution in [3.8, 4) is 5.75 Å². The number of ether oxygens (including phenoxy) is 1. The van der Waals surface area contributed by atoms with E-state index in [1.165, 1.54) is 0 Å². The lowest BCUT2D eigenvalue weighted by Gasteiger charge is -2.26. The minimum Gasteiger partial charge on any atom is -0.480 e. The van der Waals surface area contributed by atoms with Crippen LogP contribution in [0.5, 0.6) is 5.75 Å². The number of aryl methyl sites for hydroxylation is 1. The van der Waals surface area contributed by atoms with Gasteiger partial charge in [0.2, 0.25) is 5.91 Å². The Kier molecular flexibility index (Phi) is 3.34. The number of carbonyl (C=O) groups is 2. The first-order valence-corrected chi connectivity index (χ1v) is 6.95. The van der Waals surface area contributed by atoms with Gasteiger partial charge in [-0.05, 0) is 30.9 Å². The average molecular weight is 274 g/mol. The number of hydrogen-bond acceptors (Lipinski definition) is 3. The maximum atomic E-state index is 12.2. The van der Waals surface area contributed by atoms with Gasteiger partial charge in [0.05, 0.1) is 0 Å². The number of hydrogen-bond donors (Lipinski definition) is 1. The van der Waals surface area contributed by atoms with Crippen molar-refractivity contribution in [2.45, 2.75) is 31.4 Å². The van der Waals surface area contributed by atoms with Crippen LogP contribution in [0.25, 0.3) is 0 Å². The molecular formula is C15H18N2O3. The summed E-state index contributed by atoms with van der Waals surface area (Å²) in [5, 5.41) is 2.80. The van der Waals surface area contributed by atoms with E-state index in [1.54, 1.807) is 11.9 Å². The third-order valence-electron chi connectivity index (χ3n) is 3.95. The number of likely N-dealkylation sites (tertiary alicyclic amines) is 1. The van der Waals surface area contributed by atoms with E-state index in [0.29, 0.717) is 19.4 Å². The summed E-state index contributed by atoms with van der Waals surface area (Å²) in [6.45, 7) is 0.693. The predicted molar refractivity (Wildman–Crippen MR) is 73.4 cm³/mol. The van der Waals surface area contributed by atoms with Gasteiger partial charge in [0.25, 0.3) is 5.91 Å². The minimum atomic E-state index is -0.497. The van der Waals surface area contributed by atoms with Crippen molar-refractivity contribution in [3.05, 3.63) is 29.8 Å². The van der Waals surface area contributed by atoms with Crippen molar-refractivity contribution < 1.29 is 14.3 Å². The van der Waals surface area contributed by atoms with Crippen molar-refractivity contribution in [1.82, 2.24) is 10.2 Å². The number of likely N-dealkylation sites (N-methyl/N-ethyl adjacent to an activating group) is 1. The van der Waals surface area contributed by atoms with Crippen LogP contribution >= 0.6 is 0 Å². The molecule has 1 N–H and O–H groups in total. The van der Waals surface area contributed by atoms with Crippen LogP contribution in [0.3, 0.4) is 0 Å². The molecule has 0 aliphatic carbocycles. The van der Waals surface area contributed by atoms with Crippen LogP contribution in [-0.4, -0.2) is 42.5 Å². The zero-order valence-corrected chi connectivity index (χ0v) is 11.5. The molecule has 0 saturated carbocycles. The van der Waals surface area contributed by atoms with E-state index in [1.807, 2.05) is 24.3 Å². The zero-order valence-electron chi connectivity index (χ0n) is 11.5. The summed E-state index contributed by atoms with van der Waals surface area (Å²) in [5.74, 6) is 0.566. The van der Waals surface area contributed by atoms with Crippen LogP contribution in [0.2, 0.25) is 0 Å². The lowest BCUT2D eigenvalue weighted by atomic mass is 10.0. The summed E-state index contributed by atoms with van der Waals surface area (Å²) in [6.07, 6.45) is 1.65. The summed E-state index contributed by atoms with van der Waals surface area (Å²) in [6, 6.07) is 7.36. The molecule has 5 heteroatoms. The van der Waals surface area contributed by atoms with Gasteiger partial charge in [-0.1, -0.05) is 18.2 Å². The molecule has 2 amide bonds. The highest BCUT2D eigenvalue weighted by atomic mass is 16.5. The van der Waals surface area contributed by atoms with Crippen molar-refractivity contribution in [3.63, 3.8) is 0 Å². The molecule has 1 aromatic carbocycles. The number of nitrogens with zero attached hydrogens (tertiary/aromatic N) is 1. The topological polar surface area (TPSA) is 58.6 Å². The van der Waals surface area contributed by atoms with E-state index in [9.17, 15) is 9.59 Å². The Morgan fingerprint density at radius 1 is 1.35 bits per heavy atom. The molecular weight excluding hydrogens is 256 g/mol. The monoisotopic (exact) mass is 274 g/mol. The van der Waals surface area contributed by atoms with Gasteiger partial charge < -0.3 is 15.0 Å². The van der Waals surface area contributed by atoms with Crippen LogP contribution in [0.1, 0.15) is 18.4 Å². The Hall–Kier alpha value is -2.04. The first-order valence-electron chi connectivity index (χ1n) is 6.95. The Balaban J connectivity index is 1.63. The van der Waals surface area contributed by atoms with Crippen molar-refractivity contribution in [2.75, 3.05) is 13.6 Å². The highest BCUT2D eigenvalue weighted by Crippen LogP contribution is 2.27. The van der Waals surface area contributed by atoms with Crippen LogP contribution < -0.4 is 10.1 Å².